The van der Waals surface area contributed by atoms with E-state index in [2.05, 4.69) is 25.7 Å². The van der Waals surface area contributed by atoms with Gasteiger partial charge in [-0.1, -0.05) is 0 Å². The van der Waals surface area contributed by atoms with Gasteiger partial charge in [-0.05, 0) is 44.5 Å². The van der Waals surface area contributed by atoms with Crippen molar-refractivity contribution in [3.63, 3.8) is 0 Å². The second kappa shape index (κ2) is 8.04. The fraction of sp³-hybridized carbons (Fsp3) is 0.273. The van der Waals surface area contributed by atoms with E-state index in [4.69, 9.17) is 0 Å². The van der Waals surface area contributed by atoms with E-state index in [1.807, 2.05) is 19.1 Å². The van der Waals surface area contributed by atoms with Crippen molar-refractivity contribution in [1.82, 2.24) is 24.3 Å². The van der Waals surface area contributed by atoms with Crippen molar-refractivity contribution in [2.75, 3.05) is 10.6 Å². The van der Waals surface area contributed by atoms with Gasteiger partial charge in [-0.15, -0.1) is 0 Å². The van der Waals surface area contributed by atoms with Crippen LogP contribution in [0.4, 0.5) is 21.7 Å². The summed E-state index contributed by atoms with van der Waals surface area (Å²) >= 11 is 0. The molecule has 0 unspecified atom stereocenters. The molecule has 1 aromatic carbocycles. The topological polar surface area (TPSA) is 110 Å². The molecule has 0 radical (unpaired) electrons. The number of aryl methyl sites for hydroxylation is 1. The number of aromatic nitrogens is 5. The van der Waals surface area contributed by atoms with Crippen LogP contribution in [0, 0.1) is 12.7 Å². The maximum Gasteiger partial charge on any atom is 0.229 e. The van der Waals surface area contributed by atoms with Crippen LogP contribution in [0.15, 0.2) is 43.0 Å². The Balaban J connectivity index is 1.66. The van der Waals surface area contributed by atoms with Gasteiger partial charge in [0.1, 0.15) is 0 Å². The fourth-order valence-corrected chi connectivity index (χ4v) is 3.48. The molecule has 0 atom stereocenters. The van der Waals surface area contributed by atoms with Gasteiger partial charge in [0.2, 0.25) is 11.9 Å². The lowest BCUT2D eigenvalue weighted by molar-refractivity contribution is -0.114. The molecular formula is C22H24FN7O2. The third-order valence-corrected chi connectivity index (χ3v) is 4.72. The number of benzene rings is 1. The number of rotatable bonds is 6. The van der Waals surface area contributed by atoms with Gasteiger partial charge in [-0.25, -0.2) is 9.37 Å². The SMILES string of the molecule is CC(=O)Nc1ccc2c(c1)c(C)cn2-c1nc(Nc2cnn(CC(C)(C)O)c2)ncc1F. The summed E-state index contributed by atoms with van der Waals surface area (Å²) in [6.45, 7) is 7.06. The number of nitrogens with one attached hydrogen (secondary N) is 2. The molecule has 3 aromatic heterocycles. The Morgan fingerprint density at radius 1 is 1.22 bits per heavy atom. The summed E-state index contributed by atoms with van der Waals surface area (Å²) in [5.74, 6) is -0.434. The molecular weight excluding hydrogens is 413 g/mol. The average Bonchev–Trinajstić information content (AvgIpc) is 3.25. The van der Waals surface area contributed by atoms with E-state index < -0.39 is 11.4 Å². The normalized spacial score (nSPS) is 11.7. The Morgan fingerprint density at radius 2 is 2.00 bits per heavy atom. The molecule has 3 N–H and O–H groups in total. The number of nitrogens with zero attached hydrogens (tertiary/aromatic N) is 5. The number of aliphatic hydroxyl groups is 1. The summed E-state index contributed by atoms with van der Waals surface area (Å²) in [5, 5.41) is 20.8. The predicted molar refractivity (Wildman–Crippen MR) is 120 cm³/mol. The third kappa shape index (κ3) is 4.59. The number of fused-ring (bicyclic) bond motifs is 1. The van der Waals surface area contributed by atoms with Crippen LogP contribution in [0.2, 0.25) is 0 Å². The Labute approximate surface area is 183 Å². The molecule has 4 rings (SSSR count). The molecule has 0 aliphatic rings. The van der Waals surface area contributed by atoms with Crippen molar-refractivity contribution in [2.45, 2.75) is 39.8 Å². The Bertz CT molecular complexity index is 1300. The van der Waals surface area contributed by atoms with Crippen LogP contribution < -0.4 is 10.6 Å². The lowest BCUT2D eigenvalue weighted by Crippen LogP contribution is -2.26. The van der Waals surface area contributed by atoms with Gasteiger partial charge >= 0.3 is 0 Å². The number of anilines is 3. The van der Waals surface area contributed by atoms with Crippen LogP contribution in [-0.2, 0) is 11.3 Å². The van der Waals surface area contributed by atoms with E-state index in [1.54, 1.807) is 47.8 Å². The summed E-state index contributed by atoms with van der Waals surface area (Å²) < 4.78 is 18.0. The minimum absolute atomic E-state index is 0.0942. The average molecular weight is 437 g/mol. The maximum absolute atomic E-state index is 14.7. The van der Waals surface area contributed by atoms with E-state index in [0.717, 1.165) is 22.7 Å². The molecule has 3 heterocycles. The summed E-state index contributed by atoms with van der Waals surface area (Å²) in [6.07, 6.45) is 6.19. The van der Waals surface area contributed by atoms with Crippen molar-refractivity contribution in [2.24, 2.45) is 0 Å². The summed E-state index contributed by atoms with van der Waals surface area (Å²) in [5.41, 5.74) is 2.03. The first kappa shape index (κ1) is 21.4. The molecule has 1 amide bonds. The molecule has 0 spiro atoms. The molecule has 0 saturated carbocycles. The number of hydrogen-bond acceptors (Lipinski definition) is 6. The molecule has 0 bridgehead atoms. The van der Waals surface area contributed by atoms with Crippen molar-refractivity contribution in [3.05, 3.63) is 54.4 Å². The lowest BCUT2D eigenvalue weighted by Gasteiger charge is -2.16. The molecule has 0 saturated heterocycles. The van der Waals surface area contributed by atoms with Gasteiger partial charge in [-0.3, -0.25) is 14.0 Å². The van der Waals surface area contributed by atoms with E-state index in [0.29, 0.717) is 17.9 Å². The molecule has 4 aromatic rings. The first-order valence-electron chi connectivity index (χ1n) is 10.0. The molecule has 9 nitrogen and oxygen atoms in total. The highest BCUT2D eigenvalue weighted by Crippen LogP contribution is 2.28. The highest BCUT2D eigenvalue weighted by Gasteiger charge is 2.16. The lowest BCUT2D eigenvalue weighted by atomic mass is 10.1. The van der Waals surface area contributed by atoms with Gasteiger partial charge < -0.3 is 15.7 Å². The smallest absolute Gasteiger partial charge is 0.229 e. The fourth-order valence-electron chi connectivity index (χ4n) is 3.48. The second-order valence-corrected chi connectivity index (χ2v) is 8.32. The van der Waals surface area contributed by atoms with Crippen LogP contribution in [0.3, 0.4) is 0 Å². The largest absolute Gasteiger partial charge is 0.389 e. The Kier molecular flexibility index (Phi) is 5.39. The molecule has 0 aliphatic carbocycles. The quantitative estimate of drug-likeness (QED) is 0.426. The summed E-state index contributed by atoms with van der Waals surface area (Å²) in [4.78, 5) is 19.8. The highest BCUT2D eigenvalue weighted by atomic mass is 19.1. The number of hydrogen-bond donors (Lipinski definition) is 3. The molecule has 0 fully saturated rings. The Morgan fingerprint density at radius 3 is 2.72 bits per heavy atom. The zero-order chi connectivity index (χ0) is 23.0. The first-order chi connectivity index (χ1) is 15.1. The van der Waals surface area contributed by atoms with Crippen molar-refractivity contribution >= 4 is 34.1 Å². The molecule has 32 heavy (non-hydrogen) atoms. The maximum atomic E-state index is 14.7. The van der Waals surface area contributed by atoms with E-state index in [1.165, 1.54) is 6.92 Å². The van der Waals surface area contributed by atoms with Crippen LogP contribution in [-0.4, -0.2) is 40.9 Å². The number of carbonyl (C=O) groups is 1. The molecule has 0 aliphatic heterocycles. The monoisotopic (exact) mass is 437 g/mol. The molecule has 166 valence electrons. The van der Waals surface area contributed by atoms with E-state index >= 15 is 0 Å². The number of halogens is 1. The second-order valence-electron chi connectivity index (χ2n) is 8.32. The van der Waals surface area contributed by atoms with Gasteiger partial charge in [0.15, 0.2) is 11.6 Å². The van der Waals surface area contributed by atoms with Gasteiger partial charge in [0, 0.05) is 30.4 Å². The van der Waals surface area contributed by atoms with Crippen molar-refractivity contribution in [1.29, 1.82) is 0 Å². The summed E-state index contributed by atoms with van der Waals surface area (Å²) in [7, 11) is 0. The number of amides is 1. The standard InChI is InChI=1S/C22H24FN7O2/c1-13-10-30(19-6-5-15(7-17(13)19)26-14(2)31)20-18(23)9-24-21(28-20)27-16-8-25-29(11-16)12-22(3,4)32/h5-11,32H,12H2,1-4H3,(H,26,31)(H,24,27,28). The van der Waals surface area contributed by atoms with Gasteiger partial charge in [0.05, 0.1) is 35.7 Å². The van der Waals surface area contributed by atoms with Gasteiger partial charge in [-0.2, -0.15) is 10.1 Å². The van der Waals surface area contributed by atoms with E-state index in [9.17, 15) is 14.3 Å². The minimum Gasteiger partial charge on any atom is -0.389 e. The zero-order valence-electron chi connectivity index (χ0n) is 18.2. The predicted octanol–water partition coefficient (Wildman–Crippen LogP) is 3.54. The molecule has 10 heteroatoms. The third-order valence-electron chi connectivity index (χ3n) is 4.72. The highest BCUT2D eigenvalue weighted by molar-refractivity contribution is 5.94. The zero-order valence-corrected chi connectivity index (χ0v) is 18.2. The number of carbonyl (C=O) groups excluding carboxylic acids is 1. The van der Waals surface area contributed by atoms with Crippen molar-refractivity contribution in [3.8, 4) is 5.82 Å². The van der Waals surface area contributed by atoms with Crippen LogP contribution in [0.25, 0.3) is 16.7 Å². The van der Waals surface area contributed by atoms with Crippen molar-refractivity contribution < 1.29 is 14.3 Å². The minimum atomic E-state index is -0.907. The van der Waals surface area contributed by atoms with E-state index in [-0.39, 0.29) is 17.7 Å². The van der Waals surface area contributed by atoms with Crippen LogP contribution in [0.5, 0.6) is 0 Å². The van der Waals surface area contributed by atoms with Crippen LogP contribution >= 0.6 is 0 Å². The Hall–Kier alpha value is -3.79. The summed E-state index contributed by atoms with van der Waals surface area (Å²) in [6, 6.07) is 5.41. The van der Waals surface area contributed by atoms with Crippen LogP contribution in [0.1, 0.15) is 26.3 Å². The van der Waals surface area contributed by atoms with Gasteiger partial charge in [0.25, 0.3) is 0 Å². The first-order valence-corrected chi connectivity index (χ1v) is 10.0.